The first-order chi connectivity index (χ1) is 12.7. The fraction of sp³-hybridized carbons (Fsp3) is 0.667. The van der Waals surface area contributed by atoms with Crippen molar-refractivity contribution in [3.05, 3.63) is 30.1 Å². The van der Waals surface area contributed by atoms with Gasteiger partial charge in [-0.1, -0.05) is 44.0 Å². The van der Waals surface area contributed by atoms with Gasteiger partial charge in [-0.2, -0.15) is 0 Å². The van der Waals surface area contributed by atoms with Crippen LogP contribution in [0.1, 0.15) is 63.4 Å². The highest BCUT2D eigenvalue weighted by Gasteiger charge is 2.37. The summed E-state index contributed by atoms with van der Waals surface area (Å²) in [5.74, 6) is 0.0428. The van der Waals surface area contributed by atoms with Gasteiger partial charge < -0.3 is 10.1 Å². The Balaban J connectivity index is 1.41. The second-order valence-corrected chi connectivity index (χ2v) is 8.06. The van der Waals surface area contributed by atoms with Gasteiger partial charge >= 0.3 is 5.97 Å². The number of hydrogen-bond donors (Lipinski definition) is 1. The molecule has 142 valence electrons. The molecule has 0 aliphatic heterocycles. The van der Waals surface area contributed by atoms with Crippen molar-refractivity contribution >= 4 is 23.2 Å². The summed E-state index contributed by atoms with van der Waals surface area (Å²) in [6.07, 6.45) is 14.6. The number of esters is 1. The van der Waals surface area contributed by atoms with Crippen molar-refractivity contribution in [3.63, 3.8) is 0 Å². The minimum atomic E-state index is -0.0634. The zero-order valence-corrected chi connectivity index (χ0v) is 16.3. The summed E-state index contributed by atoms with van der Waals surface area (Å²) in [6.45, 7) is 0.472. The Morgan fingerprint density at radius 2 is 1.96 bits per heavy atom. The predicted molar refractivity (Wildman–Crippen MR) is 107 cm³/mol. The number of rotatable bonds is 7. The van der Waals surface area contributed by atoms with Crippen LogP contribution in [0.5, 0.6) is 0 Å². The Kier molecular flexibility index (Phi) is 7.42. The first-order valence-electron chi connectivity index (χ1n) is 10.1. The highest BCUT2D eigenvalue weighted by Crippen LogP contribution is 2.34. The van der Waals surface area contributed by atoms with E-state index in [0.29, 0.717) is 12.6 Å². The van der Waals surface area contributed by atoms with E-state index in [9.17, 15) is 4.79 Å². The number of thiocarbonyl (C=S) groups is 1. The zero-order chi connectivity index (χ0) is 18.2. The van der Waals surface area contributed by atoms with Gasteiger partial charge in [0.1, 0.15) is 0 Å². The van der Waals surface area contributed by atoms with E-state index in [1.807, 2.05) is 12.3 Å². The molecule has 1 aromatic rings. The molecule has 0 bridgehead atoms. The first-order valence-corrected chi connectivity index (χ1v) is 10.5. The second kappa shape index (κ2) is 10.0. The highest BCUT2D eigenvalue weighted by molar-refractivity contribution is 7.80. The minimum Gasteiger partial charge on any atom is -0.465 e. The lowest BCUT2D eigenvalue weighted by Crippen LogP contribution is -2.41. The topological polar surface area (TPSA) is 51.2 Å². The van der Waals surface area contributed by atoms with Gasteiger partial charge in [0.2, 0.25) is 0 Å². The molecule has 0 amide bonds. The molecule has 2 atom stereocenters. The van der Waals surface area contributed by atoms with Crippen molar-refractivity contribution in [2.24, 2.45) is 11.8 Å². The zero-order valence-electron chi connectivity index (χ0n) is 15.5. The maximum Gasteiger partial charge on any atom is 0.309 e. The van der Waals surface area contributed by atoms with Crippen molar-refractivity contribution in [2.75, 3.05) is 6.61 Å². The lowest BCUT2D eigenvalue weighted by Gasteiger charge is -2.27. The van der Waals surface area contributed by atoms with E-state index >= 15 is 0 Å². The maximum absolute atomic E-state index is 12.5. The monoisotopic (exact) mass is 374 g/mol. The summed E-state index contributed by atoms with van der Waals surface area (Å²) < 4.78 is 5.57. The van der Waals surface area contributed by atoms with Gasteiger partial charge in [0, 0.05) is 24.4 Å². The highest BCUT2D eigenvalue weighted by atomic mass is 32.1. The quantitative estimate of drug-likeness (QED) is 0.440. The van der Waals surface area contributed by atoms with E-state index in [1.165, 1.54) is 37.7 Å². The molecule has 2 saturated carbocycles. The number of aromatic nitrogens is 1. The Morgan fingerprint density at radius 1 is 1.15 bits per heavy atom. The summed E-state index contributed by atoms with van der Waals surface area (Å²) in [7, 11) is 0. The molecule has 2 fully saturated rings. The summed E-state index contributed by atoms with van der Waals surface area (Å²) in [5, 5.41) is 3.55. The number of carbonyl (C=O) groups is 1. The molecule has 2 aliphatic carbocycles. The van der Waals surface area contributed by atoms with Gasteiger partial charge in [-0.15, -0.1) is 0 Å². The number of hydrogen-bond acceptors (Lipinski definition) is 4. The number of aryl methyl sites for hydroxylation is 1. The van der Waals surface area contributed by atoms with Crippen LogP contribution in [0.4, 0.5) is 0 Å². The summed E-state index contributed by atoms with van der Waals surface area (Å²) in [4.78, 5) is 17.5. The summed E-state index contributed by atoms with van der Waals surface area (Å²) >= 11 is 5.66. The average Bonchev–Trinajstić information content (AvgIpc) is 3.17. The molecule has 3 rings (SSSR count). The molecule has 0 radical (unpaired) electrons. The number of nitrogens with one attached hydrogen (secondary N) is 1. The van der Waals surface area contributed by atoms with Crippen LogP contribution in [0.25, 0.3) is 0 Å². The fourth-order valence-corrected chi connectivity index (χ4v) is 4.66. The third-order valence-electron chi connectivity index (χ3n) is 5.68. The molecular formula is C21H30N2O2S. The lowest BCUT2D eigenvalue weighted by molar-refractivity contribution is -0.149. The number of pyridine rings is 1. The Bertz CT molecular complexity index is 587. The molecule has 1 unspecified atom stereocenters. The molecule has 2 aliphatic rings. The van der Waals surface area contributed by atoms with E-state index in [4.69, 9.17) is 17.0 Å². The minimum absolute atomic E-state index is 0.0583. The van der Waals surface area contributed by atoms with Gasteiger partial charge in [-0.3, -0.25) is 9.78 Å². The predicted octanol–water partition coefficient (Wildman–Crippen LogP) is 4.22. The van der Waals surface area contributed by atoms with Gasteiger partial charge in [0.15, 0.2) is 0 Å². The van der Waals surface area contributed by atoms with Crippen LogP contribution in [-0.2, 0) is 16.0 Å². The molecule has 1 heterocycles. The van der Waals surface area contributed by atoms with Crippen LogP contribution in [0.15, 0.2) is 24.5 Å². The largest absolute Gasteiger partial charge is 0.465 e. The Morgan fingerprint density at radius 3 is 2.73 bits per heavy atom. The summed E-state index contributed by atoms with van der Waals surface area (Å²) in [5.41, 5.74) is 1.18. The van der Waals surface area contributed by atoms with Gasteiger partial charge in [-0.25, -0.2) is 0 Å². The Hall–Kier alpha value is -1.49. The molecule has 4 nitrogen and oxygen atoms in total. The lowest BCUT2D eigenvalue weighted by atomic mass is 9.92. The molecular weight excluding hydrogens is 344 g/mol. The van der Waals surface area contributed by atoms with Crippen LogP contribution in [0.2, 0.25) is 0 Å². The van der Waals surface area contributed by atoms with Gasteiger partial charge in [-0.05, 0) is 50.2 Å². The van der Waals surface area contributed by atoms with Crippen LogP contribution in [0.3, 0.4) is 0 Å². The van der Waals surface area contributed by atoms with Crippen LogP contribution in [-0.4, -0.2) is 28.6 Å². The van der Waals surface area contributed by atoms with E-state index in [0.717, 1.165) is 37.1 Å². The van der Waals surface area contributed by atoms with Gasteiger partial charge in [0.05, 0.1) is 17.5 Å². The van der Waals surface area contributed by atoms with Crippen molar-refractivity contribution < 1.29 is 9.53 Å². The van der Waals surface area contributed by atoms with Crippen molar-refractivity contribution in [3.8, 4) is 0 Å². The average molecular weight is 375 g/mol. The molecule has 0 spiro atoms. The third kappa shape index (κ3) is 5.50. The van der Waals surface area contributed by atoms with Crippen molar-refractivity contribution in [1.82, 2.24) is 10.3 Å². The van der Waals surface area contributed by atoms with E-state index in [-0.39, 0.29) is 17.8 Å². The normalized spacial score (nSPS) is 23.5. The smallest absolute Gasteiger partial charge is 0.309 e. The molecule has 5 heteroatoms. The van der Waals surface area contributed by atoms with Crippen molar-refractivity contribution in [1.29, 1.82) is 0 Å². The third-order valence-corrected chi connectivity index (χ3v) is 6.10. The van der Waals surface area contributed by atoms with E-state index in [1.54, 1.807) is 6.20 Å². The number of nitrogens with zero attached hydrogens (tertiary/aromatic N) is 1. The Labute approximate surface area is 162 Å². The standard InChI is InChI=1S/C21H30N2O2S/c24-21(25-14-6-8-16-7-5-13-22-15-16)19-12-4-11-18(19)20(26)23-17-9-2-1-3-10-17/h5,7,13,15,17-19H,1-4,6,8-12,14H2,(H,23,26)/t18?,19-/m1/s1. The molecule has 1 N–H and O–H groups in total. The van der Waals surface area contributed by atoms with Gasteiger partial charge in [0.25, 0.3) is 0 Å². The SMILES string of the molecule is O=C(OCCCc1cccnc1)[C@@H]1CCCC1C(=S)NC1CCCCC1. The van der Waals surface area contributed by atoms with Crippen LogP contribution in [0, 0.1) is 11.8 Å². The van der Waals surface area contributed by atoms with Crippen molar-refractivity contribution in [2.45, 2.75) is 70.3 Å². The van der Waals surface area contributed by atoms with Crippen LogP contribution < -0.4 is 5.32 Å². The second-order valence-electron chi connectivity index (χ2n) is 7.62. The maximum atomic E-state index is 12.5. The molecule has 0 saturated heterocycles. The fourth-order valence-electron chi connectivity index (χ4n) is 4.21. The number of ether oxygens (including phenoxy) is 1. The van der Waals surface area contributed by atoms with Crippen LogP contribution >= 0.6 is 12.2 Å². The first kappa shape index (κ1) is 19.3. The molecule has 1 aromatic heterocycles. The number of carbonyl (C=O) groups excluding carboxylic acids is 1. The molecule has 0 aromatic carbocycles. The molecule has 26 heavy (non-hydrogen) atoms. The summed E-state index contributed by atoms with van der Waals surface area (Å²) in [6, 6.07) is 4.50. The van der Waals surface area contributed by atoms with E-state index < -0.39 is 0 Å². The van der Waals surface area contributed by atoms with E-state index in [2.05, 4.69) is 16.4 Å².